The van der Waals surface area contributed by atoms with Crippen LogP contribution in [-0.2, 0) is 0 Å². The number of nitrogens with zero attached hydrogens (tertiary/aromatic N) is 1. The molecule has 0 saturated heterocycles. The number of hydrogen-bond donors (Lipinski definition) is 2. The van der Waals surface area contributed by atoms with E-state index in [0.29, 0.717) is 16.6 Å². The zero-order valence-electron chi connectivity index (χ0n) is 15.8. The second kappa shape index (κ2) is 11.0. The Kier molecular flexibility index (Phi) is 8.38. The number of nitrogens with one attached hydrogen (secondary N) is 2. The van der Waals surface area contributed by atoms with Crippen molar-refractivity contribution in [2.45, 2.75) is 19.8 Å². The molecule has 0 saturated carbocycles. The van der Waals surface area contributed by atoms with E-state index in [4.69, 9.17) is 26.4 Å². The van der Waals surface area contributed by atoms with Crippen molar-refractivity contribution in [3.63, 3.8) is 0 Å². The second-order valence-corrected chi connectivity index (χ2v) is 6.07. The van der Waals surface area contributed by atoms with Crippen LogP contribution in [0.5, 0.6) is 17.2 Å². The number of benzene rings is 2. The highest BCUT2D eigenvalue weighted by Crippen LogP contribution is 2.29. The van der Waals surface area contributed by atoms with Crippen LogP contribution in [0.1, 0.15) is 25.3 Å². The molecular formula is C20H25N3O3S. The number of anilines is 1. The molecular weight excluding hydrogens is 362 g/mol. The second-order valence-electron chi connectivity index (χ2n) is 5.66. The zero-order chi connectivity index (χ0) is 19.5. The van der Waals surface area contributed by atoms with Gasteiger partial charge >= 0.3 is 0 Å². The van der Waals surface area contributed by atoms with Crippen LogP contribution in [0.15, 0.2) is 47.6 Å². The summed E-state index contributed by atoms with van der Waals surface area (Å²) < 4.78 is 16.1. The Balaban J connectivity index is 1.84. The van der Waals surface area contributed by atoms with Crippen molar-refractivity contribution in [3.8, 4) is 17.2 Å². The molecule has 2 rings (SSSR count). The Hall–Kier alpha value is -2.80. The van der Waals surface area contributed by atoms with E-state index in [1.807, 2.05) is 30.3 Å². The third-order valence-electron chi connectivity index (χ3n) is 3.67. The number of hydrazone groups is 1. The average molecular weight is 388 g/mol. The number of thiocarbonyl (C=S) groups is 1. The lowest BCUT2D eigenvalue weighted by Gasteiger charge is -2.11. The molecule has 0 aromatic heterocycles. The van der Waals surface area contributed by atoms with Gasteiger partial charge in [-0.1, -0.05) is 13.3 Å². The first-order valence-corrected chi connectivity index (χ1v) is 9.12. The summed E-state index contributed by atoms with van der Waals surface area (Å²) in [5.74, 6) is 2.14. The Labute approximate surface area is 165 Å². The first kappa shape index (κ1) is 20.5. The first-order chi connectivity index (χ1) is 13.2. The van der Waals surface area contributed by atoms with Gasteiger partial charge in [0.25, 0.3) is 0 Å². The van der Waals surface area contributed by atoms with Crippen LogP contribution in [0.2, 0.25) is 0 Å². The van der Waals surface area contributed by atoms with E-state index < -0.39 is 0 Å². The Morgan fingerprint density at radius 3 is 2.48 bits per heavy atom. The number of methoxy groups -OCH3 is 2. The van der Waals surface area contributed by atoms with Crippen molar-refractivity contribution in [3.05, 3.63) is 48.0 Å². The quantitative estimate of drug-likeness (QED) is 0.291. The molecule has 7 heteroatoms. The molecule has 2 N–H and O–H groups in total. The molecule has 27 heavy (non-hydrogen) atoms. The van der Waals surface area contributed by atoms with E-state index in [0.717, 1.165) is 36.4 Å². The van der Waals surface area contributed by atoms with Crippen molar-refractivity contribution in [1.82, 2.24) is 5.43 Å². The third-order valence-corrected chi connectivity index (χ3v) is 3.86. The molecule has 0 aliphatic heterocycles. The van der Waals surface area contributed by atoms with Gasteiger partial charge in [-0.2, -0.15) is 5.10 Å². The summed E-state index contributed by atoms with van der Waals surface area (Å²) in [6.07, 6.45) is 3.86. The third kappa shape index (κ3) is 6.79. The lowest BCUT2D eigenvalue weighted by atomic mass is 10.2. The van der Waals surface area contributed by atoms with Crippen LogP contribution in [0.3, 0.4) is 0 Å². The van der Waals surface area contributed by atoms with Crippen molar-refractivity contribution < 1.29 is 14.2 Å². The van der Waals surface area contributed by atoms with Gasteiger partial charge in [0.15, 0.2) is 16.6 Å². The SMILES string of the molecule is CCCCOc1ccc(/C=N\NC(=S)Nc2ccc(OC)c(OC)c2)cc1. The standard InChI is InChI=1S/C20H25N3O3S/c1-4-5-12-26-17-9-6-15(7-10-17)14-21-23-20(27)22-16-8-11-18(24-2)19(13-16)25-3/h6-11,13-14H,4-5,12H2,1-3H3,(H2,22,23,27)/b21-14-. The van der Waals surface area contributed by atoms with Crippen LogP contribution in [0.4, 0.5) is 5.69 Å². The number of rotatable bonds is 9. The zero-order valence-corrected chi connectivity index (χ0v) is 16.6. The van der Waals surface area contributed by atoms with Crippen LogP contribution in [0, 0.1) is 0 Å². The van der Waals surface area contributed by atoms with Gasteiger partial charge in [0.2, 0.25) is 0 Å². The fourth-order valence-electron chi connectivity index (χ4n) is 2.22. The minimum absolute atomic E-state index is 0.373. The predicted octanol–water partition coefficient (Wildman–Crippen LogP) is 4.20. The largest absolute Gasteiger partial charge is 0.494 e. The highest BCUT2D eigenvalue weighted by molar-refractivity contribution is 7.80. The van der Waals surface area contributed by atoms with Gasteiger partial charge in [0, 0.05) is 11.8 Å². The van der Waals surface area contributed by atoms with Crippen LogP contribution < -0.4 is 25.0 Å². The Bertz CT molecular complexity index is 764. The molecule has 2 aromatic rings. The summed E-state index contributed by atoms with van der Waals surface area (Å²) in [4.78, 5) is 0. The van der Waals surface area contributed by atoms with Gasteiger partial charge in [0.1, 0.15) is 5.75 Å². The fraction of sp³-hybridized carbons (Fsp3) is 0.300. The molecule has 0 radical (unpaired) electrons. The van der Waals surface area contributed by atoms with Gasteiger partial charge in [-0.3, -0.25) is 5.43 Å². The van der Waals surface area contributed by atoms with Crippen LogP contribution in [0.25, 0.3) is 0 Å². The first-order valence-electron chi connectivity index (χ1n) is 8.71. The van der Waals surface area contributed by atoms with E-state index >= 15 is 0 Å². The smallest absolute Gasteiger partial charge is 0.191 e. The molecule has 2 aromatic carbocycles. The summed E-state index contributed by atoms with van der Waals surface area (Å²) in [5, 5.41) is 7.56. The molecule has 144 valence electrons. The molecule has 0 fully saturated rings. The van der Waals surface area contributed by atoms with E-state index in [2.05, 4.69) is 22.8 Å². The fourth-order valence-corrected chi connectivity index (χ4v) is 2.39. The maximum Gasteiger partial charge on any atom is 0.191 e. The van der Waals surface area contributed by atoms with E-state index in [-0.39, 0.29) is 0 Å². The summed E-state index contributed by atoms with van der Waals surface area (Å²) in [5.41, 5.74) is 4.50. The summed E-state index contributed by atoms with van der Waals surface area (Å²) >= 11 is 5.24. The summed E-state index contributed by atoms with van der Waals surface area (Å²) in [6, 6.07) is 13.2. The van der Waals surface area contributed by atoms with E-state index in [9.17, 15) is 0 Å². The minimum atomic E-state index is 0.373. The highest BCUT2D eigenvalue weighted by Gasteiger charge is 2.05. The van der Waals surface area contributed by atoms with E-state index in [1.54, 1.807) is 32.6 Å². The van der Waals surface area contributed by atoms with Crippen molar-refractivity contribution in [2.24, 2.45) is 5.10 Å². The Morgan fingerprint density at radius 2 is 1.81 bits per heavy atom. The molecule has 0 aliphatic rings. The molecule has 0 heterocycles. The van der Waals surface area contributed by atoms with E-state index in [1.165, 1.54) is 0 Å². The number of hydrogen-bond acceptors (Lipinski definition) is 5. The van der Waals surface area contributed by atoms with Crippen LogP contribution in [-0.4, -0.2) is 32.2 Å². The van der Waals surface area contributed by atoms with Crippen molar-refractivity contribution in [1.29, 1.82) is 0 Å². The predicted molar refractivity (Wildman–Crippen MR) is 113 cm³/mol. The number of unbranched alkanes of at least 4 members (excludes halogenated alkanes) is 1. The molecule has 0 bridgehead atoms. The van der Waals surface area contributed by atoms with Gasteiger partial charge in [0.05, 0.1) is 27.0 Å². The highest BCUT2D eigenvalue weighted by atomic mass is 32.1. The van der Waals surface area contributed by atoms with Gasteiger partial charge in [-0.05, 0) is 60.6 Å². The topological polar surface area (TPSA) is 64.1 Å². The molecule has 6 nitrogen and oxygen atoms in total. The summed E-state index contributed by atoms with van der Waals surface area (Å²) in [7, 11) is 3.18. The van der Waals surface area contributed by atoms with Crippen LogP contribution >= 0.6 is 12.2 Å². The minimum Gasteiger partial charge on any atom is -0.494 e. The Morgan fingerprint density at radius 1 is 1.07 bits per heavy atom. The average Bonchev–Trinajstić information content (AvgIpc) is 2.69. The lowest BCUT2D eigenvalue weighted by Crippen LogP contribution is -2.23. The normalized spacial score (nSPS) is 10.5. The molecule has 0 amide bonds. The monoisotopic (exact) mass is 387 g/mol. The molecule has 0 aliphatic carbocycles. The van der Waals surface area contributed by atoms with Gasteiger partial charge in [-0.15, -0.1) is 0 Å². The van der Waals surface area contributed by atoms with Crippen molar-refractivity contribution >= 4 is 29.2 Å². The lowest BCUT2D eigenvalue weighted by molar-refractivity contribution is 0.309. The molecule has 0 spiro atoms. The van der Waals surface area contributed by atoms with Gasteiger partial charge < -0.3 is 19.5 Å². The van der Waals surface area contributed by atoms with Gasteiger partial charge in [-0.25, -0.2) is 0 Å². The molecule has 0 unspecified atom stereocenters. The maximum absolute atomic E-state index is 5.64. The molecule has 0 atom stereocenters. The van der Waals surface area contributed by atoms with Crippen molar-refractivity contribution in [2.75, 3.05) is 26.1 Å². The number of ether oxygens (including phenoxy) is 3. The summed E-state index contributed by atoms with van der Waals surface area (Å²) in [6.45, 7) is 2.88. The maximum atomic E-state index is 5.64.